The molecule has 2 aromatic rings. The Morgan fingerprint density at radius 1 is 1.39 bits per heavy atom. The summed E-state index contributed by atoms with van der Waals surface area (Å²) in [5, 5.41) is 3.93. The van der Waals surface area contributed by atoms with Crippen LogP contribution in [0.2, 0.25) is 5.02 Å². The molecular formula is C12H9ClF2N2O. The highest BCUT2D eigenvalue weighted by molar-refractivity contribution is 6.34. The molecule has 94 valence electrons. The lowest BCUT2D eigenvalue weighted by molar-refractivity contribution is 0.102. The van der Waals surface area contributed by atoms with E-state index < -0.39 is 23.0 Å². The van der Waals surface area contributed by atoms with Crippen molar-refractivity contribution in [2.24, 2.45) is 0 Å². The smallest absolute Gasteiger partial charge is 0.218 e. The number of carbonyl (C=O) groups is 1. The molecule has 1 aromatic carbocycles. The molecule has 0 fully saturated rings. The summed E-state index contributed by atoms with van der Waals surface area (Å²) in [6, 6.07) is 3.24. The van der Waals surface area contributed by atoms with Gasteiger partial charge in [-0.1, -0.05) is 17.7 Å². The molecule has 0 amide bonds. The minimum absolute atomic E-state index is 0.0110. The SMILES string of the molecule is CCn1ncc(Cl)c1C(=O)c1c(F)cccc1F. The molecule has 0 N–H and O–H groups in total. The third-order valence-corrected chi connectivity index (χ3v) is 2.78. The van der Waals surface area contributed by atoms with E-state index >= 15 is 0 Å². The van der Waals surface area contributed by atoms with E-state index in [1.165, 1.54) is 16.9 Å². The van der Waals surface area contributed by atoms with Crippen molar-refractivity contribution in [3.63, 3.8) is 0 Å². The zero-order valence-electron chi connectivity index (χ0n) is 9.45. The molecule has 0 radical (unpaired) electrons. The van der Waals surface area contributed by atoms with E-state index in [0.717, 1.165) is 12.1 Å². The van der Waals surface area contributed by atoms with Gasteiger partial charge in [0, 0.05) is 6.54 Å². The maximum atomic E-state index is 13.5. The van der Waals surface area contributed by atoms with E-state index in [9.17, 15) is 13.6 Å². The highest BCUT2D eigenvalue weighted by atomic mass is 35.5. The predicted molar refractivity (Wildman–Crippen MR) is 62.7 cm³/mol. The van der Waals surface area contributed by atoms with Crippen LogP contribution in [0.4, 0.5) is 8.78 Å². The molecule has 0 atom stereocenters. The van der Waals surface area contributed by atoms with Crippen molar-refractivity contribution in [2.75, 3.05) is 0 Å². The Bertz CT molecular complexity index is 590. The van der Waals surface area contributed by atoms with Gasteiger partial charge in [-0.25, -0.2) is 8.78 Å². The largest absolute Gasteiger partial charge is 0.287 e. The lowest BCUT2D eigenvalue weighted by Gasteiger charge is -2.06. The molecular weight excluding hydrogens is 262 g/mol. The van der Waals surface area contributed by atoms with E-state index in [-0.39, 0.29) is 10.7 Å². The third-order valence-electron chi connectivity index (χ3n) is 2.50. The molecule has 0 aliphatic carbocycles. The van der Waals surface area contributed by atoms with Gasteiger partial charge in [-0.3, -0.25) is 9.48 Å². The van der Waals surface area contributed by atoms with Crippen LogP contribution >= 0.6 is 11.6 Å². The number of rotatable bonds is 3. The number of hydrogen-bond donors (Lipinski definition) is 0. The van der Waals surface area contributed by atoms with Crippen LogP contribution in [0, 0.1) is 11.6 Å². The number of benzene rings is 1. The second-order valence-electron chi connectivity index (χ2n) is 3.58. The van der Waals surface area contributed by atoms with Crippen LogP contribution in [0.3, 0.4) is 0 Å². The summed E-state index contributed by atoms with van der Waals surface area (Å²) in [5.74, 6) is -2.64. The summed E-state index contributed by atoms with van der Waals surface area (Å²) in [7, 11) is 0. The molecule has 18 heavy (non-hydrogen) atoms. The molecule has 0 unspecified atom stereocenters. The van der Waals surface area contributed by atoms with Gasteiger partial charge in [0.1, 0.15) is 17.3 Å². The van der Waals surface area contributed by atoms with Gasteiger partial charge >= 0.3 is 0 Å². The van der Waals surface area contributed by atoms with Crippen LogP contribution in [-0.2, 0) is 6.54 Å². The van der Waals surface area contributed by atoms with Crippen molar-refractivity contribution in [3.05, 3.63) is 52.3 Å². The zero-order chi connectivity index (χ0) is 13.3. The lowest BCUT2D eigenvalue weighted by atomic mass is 10.1. The topological polar surface area (TPSA) is 34.9 Å². The number of carbonyl (C=O) groups excluding carboxylic acids is 1. The Morgan fingerprint density at radius 3 is 2.56 bits per heavy atom. The first kappa shape index (κ1) is 12.7. The Labute approximate surface area is 107 Å². The fourth-order valence-corrected chi connectivity index (χ4v) is 1.89. The zero-order valence-corrected chi connectivity index (χ0v) is 10.2. The van der Waals surface area contributed by atoms with E-state index in [0.29, 0.717) is 6.54 Å². The van der Waals surface area contributed by atoms with E-state index in [1.54, 1.807) is 6.92 Å². The Balaban J connectivity index is 2.58. The Morgan fingerprint density at radius 2 is 2.00 bits per heavy atom. The highest BCUT2D eigenvalue weighted by Gasteiger charge is 2.24. The molecule has 0 bridgehead atoms. The van der Waals surface area contributed by atoms with E-state index in [4.69, 9.17) is 11.6 Å². The first-order valence-corrected chi connectivity index (χ1v) is 5.64. The lowest BCUT2D eigenvalue weighted by Crippen LogP contribution is -2.14. The van der Waals surface area contributed by atoms with Crippen LogP contribution in [0.15, 0.2) is 24.4 Å². The van der Waals surface area contributed by atoms with Gasteiger partial charge in [0.2, 0.25) is 5.78 Å². The van der Waals surface area contributed by atoms with Gasteiger partial charge in [-0.2, -0.15) is 5.10 Å². The van der Waals surface area contributed by atoms with Crippen LogP contribution in [0.5, 0.6) is 0 Å². The first-order valence-electron chi connectivity index (χ1n) is 5.26. The molecule has 1 heterocycles. The summed E-state index contributed by atoms with van der Waals surface area (Å²) < 4.78 is 28.4. The van der Waals surface area contributed by atoms with Gasteiger partial charge < -0.3 is 0 Å². The van der Waals surface area contributed by atoms with Crippen molar-refractivity contribution in [2.45, 2.75) is 13.5 Å². The minimum Gasteiger partial charge on any atom is -0.287 e. The fourth-order valence-electron chi connectivity index (χ4n) is 1.66. The summed E-state index contributed by atoms with van der Waals surface area (Å²) >= 11 is 5.82. The van der Waals surface area contributed by atoms with Gasteiger partial charge in [0.15, 0.2) is 0 Å². The molecule has 0 saturated heterocycles. The summed E-state index contributed by atoms with van der Waals surface area (Å²) in [6.07, 6.45) is 1.27. The fraction of sp³-hybridized carbons (Fsp3) is 0.167. The maximum absolute atomic E-state index is 13.5. The molecule has 2 rings (SSSR count). The third kappa shape index (κ3) is 2.01. The van der Waals surface area contributed by atoms with Gasteiger partial charge in [-0.15, -0.1) is 0 Å². The average molecular weight is 271 g/mol. The first-order chi connectivity index (χ1) is 8.56. The number of nitrogens with zero attached hydrogens (tertiary/aromatic N) is 2. The van der Waals surface area contributed by atoms with Crippen LogP contribution in [0.25, 0.3) is 0 Å². The second kappa shape index (κ2) is 4.86. The van der Waals surface area contributed by atoms with Crippen molar-refractivity contribution in [1.82, 2.24) is 9.78 Å². The maximum Gasteiger partial charge on any atom is 0.218 e. The summed E-state index contributed by atoms with van der Waals surface area (Å²) in [4.78, 5) is 12.1. The Hall–Kier alpha value is -1.75. The molecule has 0 saturated carbocycles. The number of aryl methyl sites for hydroxylation is 1. The van der Waals surface area contributed by atoms with E-state index in [2.05, 4.69) is 5.10 Å². The molecule has 3 nitrogen and oxygen atoms in total. The van der Waals surface area contributed by atoms with Crippen molar-refractivity contribution >= 4 is 17.4 Å². The Kier molecular flexibility index (Phi) is 3.43. The monoisotopic (exact) mass is 270 g/mol. The average Bonchev–Trinajstić information content (AvgIpc) is 2.70. The molecule has 0 spiro atoms. The normalized spacial score (nSPS) is 10.7. The molecule has 0 aliphatic heterocycles. The number of halogens is 3. The van der Waals surface area contributed by atoms with Gasteiger partial charge in [0.25, 0.3) is 0 Å². The standard InChI is InChI=1S/C12H9ClF2N2O/c1-2-17-11(7(13)6-16-17)12(18)10-8(14)4-3-5-9(10)15/h3-6H,2H2,1H3. The van der Waals surface area contributed by atoms with Crippen molar-refractivity contribution in [1.29, 1.82) is 0 Å². The molecule has 6 heteroatoms. The minimum atomic E-state index is -0.917. The summed E-state index contributed by atoms with van der Waals surface area (Å²) in [6.45, 7) is 2.13. The number of ketones is 1. The van der Waals surface area contributed by atoms with Gasteiger partial charge in [0.05, 0.1) is 16.8 Å². The van der Waals surface area contributed by atoms with Crippen molar-refractivity contribution in [3.8, 4) is 0 Å². The predicted octanol–water partition coefficient (Wildman–Crippen LogP) is 3.07. The molecule has 1 aromatic heterocycles. The number of aromatic nitrogens is 2. The molecule has 0 aliphatic rings. The number of hydrogen-bond acceptors (Lipinski definition) is 2. The van der Waals surface area contributed by atoms with Gasteiger partial charge in [-0.05, 0) is 19.1 Å². The van der Waals surface area contributed by atoms with Crippen LogP contribution in [-0.4, -0.2) is 15.6 Å². The highest BCUT2D eigenvalue weighted by Crippen LogP contribution is 2.22. The quantitative estimate of drug-likeness (QED) is 0.804. The van der Waals surface area contributed by atoms with Crippen LogP contribution in [0.1, 0.15) is 23.0 Å². The van der Waals surface area contributed by atoms with Crippen LogP contribution < -0.4 is 0 Å². The second-order valence-corrected chi connectivity index (χ2v) is 3.99. The summed E-state index contributed by atoms with van der Waals surface area (Å²) in [5.41, 5.74) is -0.627. The van der Waals surface area contributed by atoms with Crippen molar-refractivity contribution < 1.29 is 13.6 Å². The van der Waals surface area contributed by atoms with E-state index in [1.807, 2.05) is 0 Å².